The van der Waals surface area contributed by atoms with Crippen LogP contribution in [0.4, 0.5) is 5.69 Å². The van der Waals surface area contributed by atoms with Crippen LogP contribution < -0.4 is 10.2 Å². The van der Waals surface area contributed by atoms with E-state index in [1.54, 1.807) is 53.1 Å². The summed E-state index contributed by atoms with van der Waals surface area (Å²) in [6.45, 7) is 6.18. The highest BCUT2D eigenvalue weighted by Crippen LogP contribution is 2.36. The first-order valence-electron chi connectivity index (χ1n) is 11.3. The minimum absolute atomic E-state index is 0.189. The Morgan fingerprint density at radius 2 is 1.91 bits per heavy atom. The number of carbonyl (C=O) groups is 2. The molecule has 1 atom stereocenters. The van der Waals surface area contributed by atoms with E-state index in [1.165, 1.54) is 0 Å². The van der Waals surface area contributed by atoms with Crippen molar-refractivity contribution < 1.29 is 14.0 Å². The van der Waals surface area contributed by atoms with Crippen LogP contribution in [-0.2, 0) is 17.9 Å². The van der Waals surface area contributed by atoms with E-state index in [4.69, 9.17) is 16.0 Å². The molecule has 0 fully saturated rings. The Morgan fingerprint density at radius 1 is 1.14 bits per heavy atom. The molecule has 8 heteroatoms. The van der Waals surface area contributed by atoms with Crippen LogP contribution in [0.25, 0.3) is 11.5 Å². The number of rotatable bonds is 5. The van der Waals surface area contributed by atoms with Gasteiger partial charge in [-0.05, 0) is 67.8 Å². The van der Waals surface area contributed by atoms with E-state index >= 15 is 0 Å². The van der Waals surface area contributed by atoms with Gasteiger partial charge < -0.3 is 9.73 Å². The van der Waals surface area contributed by atoms with Gasteiger partial charge in [-0.1, -0.05) is 35.9 Å². The Balaban J connectivity index is 1.56. The molecule has 1 aliphatic rings. The molecule has 0 radical (unpaired) electrons. The predicted molar refractivity (Wildman–Crippen MR) is 134 cm³/mol. The third kappa shape index (κ3) is 4.12. The van der Waals surface area contributed by atoms with Crippen molar-refractivity contribution in [1.82, 2.24) is 15.1 Å². The summed E-state index contributed by atoms with van der Waals surface area (Å²) in [5.41, 5.74) is 3.24. The van der Waals surface area contributed by atoms with Crippen LogP contribution in [0.2, 0.25) is 5.02 Å². The number of fused-ring (bicyclic) bond motifs is 1. The molecule has 7 nitrogen and oxygen atoms in total. The highest BCUT2D eigenvalue weighted by atomic mass is 35.5. The molecule has 1 unspecified atom stereocenters. The summed E-state index contributed by atoms with van der Waals surface area (Å²) in [5.74, 6) is -0.00585. The van der Waals surface area contributed by atoms with E-state index in [1.807, 2.05) is 44.2 Å². The zero-order valence-electron chi connectivity index (χ0n) is 19.7. The molecule has 5 rings (SSSR count). The van der Waals surface area contributed by atoms with Gasteiger partial charge in [-0.2, -0.15) is 5.10 Å². The monoisotopic (exact) mass is 488 g/mol. The number of nitrogens with zero attached hydrogens (tertiary/aromatic N) is 3. The van der Waals surface area contributed by atoms with Crippen molar-refractivity contribution in [2.45, 2.75) is 39.4 Å². The fraction of sp³-hybridized carbons (Fsp3) is 0.222. The highest BCUT2D eigenvalue weighted by Gasteiger charge is 2.49. The summed E-state index contributed by atoms with van der Waals surface area (Å²) >= 11 is 5.99. The van der Waals surface area contributed by atoms with Crippen molar-refractivity contribution in [3.05, 3.63) is 94.3 Å². The molecule has 178 valence electrons. The fourth-order valence-corrected chi connectivity index (χ4v) is 4.57. The summed E-state index contributed by atoms with van der Waals surface area (Å²) in [6.07, 6.45) is 1.56. The number of hydrogen-bond donors (Lipinski definition) is 1. The smallest absolute Gasteiger partial charge is 0.277 e. The second-order valence-electron chi connectivity index (χ2n) is 9.06. The number of carbonyl (C=O) groups excluding carboxylic acids is 2. The molecule has 0 aliphatic carbocycles. The zero-order valence-corrected chi connectivity index (χ0v) is 20.5. The van der Waals surface area contributed by atoms with Crippen molar-refractivity contribution in [3.63, 3.8) is 0 Å². The Bertz CT molecular complexity index is 1410. The van der Waals surface area contributed by atoms with Crippen LogP contribution in [0.15, 0.2) is 71.3 Å². The third-order valence-corrected chi connectivity index (χ3v) is 6.64. The highest BCUT2D eigenvalue weighted by molar-refractivity contribution is 6.30. The second-order valence-corrected chi connectivity index (χ2v) is 9.50. The first-order valence-corrected chi connectivity index (χ1v) is 11.7. The number of furan rings is 1. The van der Waals surface area contributed by atoms with Gasteiger partial charge in [-0.15, -0.1) is 0 Å². The molecular formula is C27H25ClN4O3. The van der Waals surface area contributed by atoms with Gasteiger partial charge in [-0.3, -0.25) is 19.2 Å². The van der Waals surface area contributed by atoms with E-state index in [9.17, 15) is 9.59 Å². The predicted octanol–water partition coefficient (Wildman–Crippen LogP) is 5.15. The van der Waals surface area contributed by atoms with Gasteiger partial charge in [-0.25, -0.2) is 0 Å². The van der Waals surface area contributed by atoms with E-state index in [0.29, 0.717) is 34.4 Å². The SMILES string of the molecule is Cc1ccc(C)c(N2C(=O)c3cc(-c4ccco4)nn3CC2(C)C(=O)NCc2ccc(Cl)cc2)c1. The molecule has 0 saturated heterocycles. The molecule has 4 aromatic rings. The number of aryl methyl sites for hydroxylation is 2. The minimum Gasteiger partial charge on any atom is -0.463 e. The van der Waals surface area contributed by atoms with E-state index in [-0.39, 0.29) is 18.4 Å². The van der Waals surface area contributed by atoms with Crippen LogP contribution in [0.1, 0.15) is 34.1 Å². The number of halogens is 1. The first kappa shape index (κ1) is 22.9. The average Bonchev–Trinajstić information content (AvgIpc) is 3.51. The van der Waals surface area contributed by atoms with Gasteiger partial charge in [0.1, 0.15) is 16.9 Å². The molecule has 3 heterocycles. The summed E-state index contributed by atoms with van der Waals surface area (Å²) in [5, 5.41) is 8.24. The van der Waals surface area contributed by atoms with Crippen LogP contribution in [0.5, 0.6) is 0 Å². The van der Waals surface area contributed by atoms with Crippen molar-refractivity contribution >= 4 is 29.1 Å². The molecule has 35 heavy (non-hydrogen) atoms. The maximum absolute atomic E-state index is 13.9. The lowest BCUT2D eigenvalue weighted by Gasteiger charge is -2.43. The van der Waals surface area contributed by atoms with Crippen LogP contribution in [-0.4, -0.2) is 27.1 Å². The van der Waals surface area contributed by atoms with Crippen molar-refractivity contribution in [2.75, 3.05) is 4.90 Å². The number of nitrogens with one attached hydrogen (secondary N) is 1. The summed E-state index contributed by atoms with van der Waals surface area (Å²) in [6, 6.07) is 18.5. The Kier molecular flexibility index (Phi) is 5.73. The number of benzene rings is 2. The molecular weight excluding hydrogens is 464 g/mol. The third-order valence-electron chi connectivity index (χ3n) is 6.39. The second kappa shape index (κ2) is 8.74. The lowest BCUT2D eigenvalue weighted by molar-refractivity contribution is -0.126. The summed E-state index contributed by atoms with van der Waals surface area (Å²) in [7, 11) is 0. The van der Waals surface area contributed by atoms with Crippen LogP contribution in [0, 0.1) is 13.8 Å². The molecule has 2 aromatic carbocycles. The van der Waals surface area contributed by atoms with Crippen molar-refractivity contribution in [1.29, 1.82) is 0 Å². The summed E-state index contributed by atoms with van der Waals surface area (Å²) < 4.78 is 7.09. The Hall–Kier alpha value is -3.84. The molecule has 2 aromatic heterocycles. The summed E-state index contributed by atoms with van der Waals surface area (Å²) in [4.78, 5) is 29.3. The topological polar surface area (TPSA) is 80.4 Å². The zero-order chi connectivity index (χ0) is 24.7. The molecule has 0 saturated carbocycles. The molecule has 2 amide bonds. The number of hydrogen-bond acceptors (Lipinski definition) is 4. The van der Waals surface area contributed by atoms with Gasteiger partial charge >= 0.3 is 0 Å². The average molecular weight is 489 g/mol. The van der Waals surface area contributed by atoms with E-state index in [2.05, 4.69) is 10.4 Å². The van der Waals surface area contributed by atoms with Gasteiger partial charge in [0, 0.05) is 23.3 Å². The van der Waals surface area contributed by atoms with Gasteiger partial charge in [0.2, 0.25) is 5.91 Å². The van der Waals surface area contributed by atoms with Gasteiger partial charge in [0.15, 0.2) is 5.76 Å². The largest absolute Gasteiger partial charge is 0.463 e. The molecule has 1 N–H and O–H groups in total. The Morgan fingerprint density at radius 3 is 2.63 bits per heavy atom. The quantitative estimate of drug-likeness (QED) is 0.421. The van der Waals surface area contributed by atoms with Gasteiger partial charge in [0.25, 0.3) is 5.91 Å². The lowest BCUT2D eigenvalue weighted by atomic mass is 9.92. The number of aromatic nitrogens is 2. The standard InChI is InChI=1S/C27H25ClN4O3/c1-17-6-7-18(2)22(13-17)32-25(33)23-14-21(24-5-4-12-35-24)30-31(23)16-27(32,3)26(34)29-15-19-8-10-20(28)11-9-19/h4-14H,15-16H2,1-3H3,(H,29,34). The van der Waals surface area contributed by atoms with E-state index in [0.717, 1.165) is 16.7 Å². The van der Waals surface area contributed by atoms with Crippen LogP contribution in [0.3, 0.4) is 0 Å². The maximum Gasteiger partial charge on any atom is 0.277 e. The first-order chi connectivity index (χ1) is 16.8. The minimum atomic E-state index is -1.22. The van der Waals surface area contributed by atoms with Crippen LogP contribution >= 0.6 is 11.6 Å². The molecule has 1 aliphatic heterocycles. The maximum atomic E-state index is 13.9. The fourth-order valence-electron chi connectivity index (χ4n) is 4.44. The molecule has 0 bridgehead atoms. The number of amides is 2. The lowest BCUT2D eigenvalue weighted by Crippen LogP contribution is -2.64. The van der Waals surface area contributed by atoms with Gasteiger partial charge in [0.05, 0.1) is 12.8 Å². The van der Waals surface area contributed by atoms with E-state index < -0.39 is 5.54 Å². The Labute approximate surface area is 208 Å². The number of anilines is 1. The molecule has 0 spiro atoms. The normalized spacial score (nSPS) is 17.4. The van der Waals surface area contributed by atoms with Crippen molar-refractivity contribution in [2.24, 2.45) is 0 Å². The van der Waals surface area contributed by atoms with Crippen molar-refractivity contribution in [3.8, 4) is 11.5 Å².